The summed E-state index contributed by atoms with van der Waals surface area (Å²) in [5, 5.41) is 0.629. The maximum atomic E-state index is 13.2. The molecule has 0 spiro atoms. The number of hydrogen-bond acceptors (Lipinski definition) is 5. The van der Waals surface area contributed by atoms with Crippen LogP contribution >= 0.6 is 22.9 Å². The lowest BCUT2D eigenvalue weighted by atomic mass is 10.0. The van der Waals surface area contributed by atoms with Crippen molar-refractivity contribution in [3.63, 3.8) is 0 Å². The molecule has 1 N–H and O–H groups in total. The van der Waals surface area contributed by atoms with E-state index in [1.54, 1.807) is 42.0 Å². The predicted octanol–water partition coefficient (Wildman–Crippen LogP) is 5.51. The van der Waals surface area contributed by atoms with Crippen LogP contribution in [-0.2, 0) is 16.6 Å². The number of hydrogen-bond donors (Lipinski definition) is 1. The summed E-state index contributed by atoms with van der Waals surface area (Å²) in [5.41, 5.74) is 3.43. The second-order valence-corrected chi connectivity index (χ2v) is 11.2. The third-order valence-corrected chi connectivity index (χ3v) is 8.39. The molecule has 6 nitrogen and oxygen atoms in total. The number of methoxy groups -OCH3 is 1. The van der Waals surface area contributed by atoms with Crippen molar-refractivity contribution >= 4 is 43.2 Å². The molecule has 1 aromatic heterocycles. The number of fused-ring (bicyclic) bond motifs is 1. The monoisotopic (exact) mass is 516 g/mol. The first kappa shape index (κ1) is 24.5. The van der Waals surface area contributed by atoms with E-state index in [2.05, 4.69) is 4.72 Å². The van der Waals surface area contributed by atoms with Crippen molar-refractivity contribution in [3.8, 4) is 5.75 Å². The van der Waals surface area contributed by atoms with Crippen molar-refractivity contribution in [2.75, 3.05) is 7.11 Å². The van der Waals surface area contributed by atoms with E-state index in [1.165, 1.54) is 0 Å². The highest BCUT2D eigenvalue weighted by atomic mass is 35.5. The van der Waals surface area contributed by atoms with Gasteiger partial charge in [-0.1, -0.05) is 54.1 Å². The Labute approximate surface area is 207 Å². The van der Waals surface area contributed by atoms with Gasteiger partial charge in [0.05, 0.1) is 28.8 Å². The Morgan fingerprint density at radius 3 is 2.47 bits per heavy atom. The Hall–Kier alpha value is -2.65. The summed E-state index contributed by atoms with van der Waals surface area (Å²) in [4.78, 5) is 12.6. The van der Waals surface area contributed by atoms with Crippen LogP contribution in [0.5, 0.6) is 5.75 Å². The van der Waals surface area contributed by atoms with Gasteiger partial charge >= 0.3 is 4.87 Å². The number of sulfonamides is 1. The van der Waals surface area contributed by atoms with Crippen molar-refractivity contribution in [2.45, 2.75) is 37.8 Å². The summed E-state index contributed by atoms with van der Waals surface area (Å²) in [5.74, 6) is 0.755. The molecule has 178 valence electrons. The molecule has 1 unspecified atom stereocenters. The molecule has 3 aromatic carbocycles. The zero-order valence-electron chi connectivity index (χ0n) is 19.0. The van der Waals surface area contributed by atoms with E-state index in [0.29, 0.717) is 28.2 Å². The fourth-order valence-electron chi connectivity index (χ4n) is 3.90. The van der Waals surface area contributed by atoms with Gasteiger partial charge in [0, 0.05) is 11.1 Å². The van der Waals surface area contributed by atoms with Gasteiger partial charge in [0.15, 0.2) is 0 Å². The highest BCUT2D eigenvalue weighted by Crippen LogP contribution is 2.27. The first-order chi connectivity index (χ1) is 16.2. The van der Waals surface area contributed by atoms with Gasteiger partial charge in [0.1, 0.15) is 5.75 Å². The summed E-state index contributed by atoms with van der Waals surface area (Å²) in [6.07, 6.45) is 0.581. The molecule has 0 radical (unpaired) electrons. The molecule has 0 aliphatic rings. The van der Waals surface area contributed by atoms with E-state index in [4.69, 9.17) is 16.3 Å². The van der Waals surface area contributed by atoms with Crippen LogP contribution in [0.25, 0.3) is 10.2 Å². The van der Waals surface area contributed by atoms with Crippen LogP contribution in [-0.4, -0.2) is 20.1 Å². The minimum absolute atomic E-state index is 0.128. The van der Waals surface area contributed by atoms with Crippen LogP contribution in [0.3, 0.4) is 0 Å². The number of benzene rings is 3. The average Bonchev–Trinajstić information content (AvgIpc) is 3.13. The molecule has 1 heterocycles. The molecular formula is C25H25ClN2O4S2. The van der Waals surface area contributed by atoms with Gasteiger partial charge in [0.2, 0.25) is 10.0 Å². The minimum Gasteiger partial charge on any atom is -0.496 e. The molecule has 0 bridgehead atoms. The largest absolute Gasteiger partial charge is 0.496 e. The smallest absolute Gasteiger partial charge is 0.308 e. The molecule has 1 atom stereocenters. The van der Waals surface area contributed by atoms with E-state index >= 15 is 0 Å². The number of halogens is 1. The van der Waals surface area contributed by atoms with Gasteiger partial charge in [-0.25, -0.2) is 13.1 Å². The van der Waals surface area contributed by atoms with Gasteiger partial charge < -0.3 is 4.74 Å². The molecule has 9 heteroatoms. The molecule has 0 saturated heterocycles. The predicted molar refractivity (Wildman–Crippen MR) is 138 cm³/mol. The molecule has 4 aromatic rings. The lowest BCUT2D eigenvalue weighted by Gasteiger charge is -2.19. The van der Waals surface area contributed by atoms with Crippen molar-refractivity contribution in [1.29, 1.82) is 0 Å². The van der Waals surface area contributed by atoms with Crippen LogP contribution in [0.2, 0.25) is 5.02 Å². The number of aromatic nitrogens is 1. The molecule has 0 aliphatic heterocycles. The zero-order chi connectivity index (χ0) is 24.5. The zero-order valence-corrected chi connectivity index (χ0v) is 21.4. The number of thiazole rings is 1. The lowest BCUT2D eigenvalue weighted by molar-refractivity contribution is 0.411. The van der Waals surface area contributed by atoms with Crippen LogP contribution in [0.15, 0.2) is 70.4 Å². The normalized spacial score (nSPS) is 12.7. The third kappa shape index (κ3) is 5.05. The minimum atomic E-state index is -3.81. The van der Waals surface area contributed by atoms with Crippen molar-refractivity contribution in [2.24, 2.45) is 0 Å². The lowest BCUT2D eigenvalue weighted by Crippen LogP contribution is -2.28. The van der Waals surface area contributed by atoms with Crippen LogP contribution < -0.4 is 14.3 Å². The summed E-state index contributed by atoms with van der Waals surface area (Å²) in [6, 6.07) is 17.3. The molecule has 0 aliphatic carbocycles. The maximum Gasteiger partial charge on any atom is 0.308 e. The van der Waals surface area contributed by atoms with Crippen LogP contribution in [0.4, 0.5) is 0 Å². The number of nitrogens with one attached hydrogen (secondary N) is 1. The van der Waals surface area contributed by atoms with Crippen molar-refractivity contribution in [3.05, 3.63) is 92.0 Å². The number of aryl methyl sites for hydroxylation is 1. The van der Waals surface area contributed by atoms with Crippen molar-refractivity contribution < 1.29 is 13.2 Å². The second-order valence-electron chi connectivity index (χ2n) is 8.02. The van der Waals surface area contributed by atoms with Gasteiger partial charge in [-0.05, 0) is 66.4 Å². The second kappa shape index (κ2) is 9.92. The highest BCUT2D eigenvalue weighted by molar-refractivity contribution is 7.89. The number of ether oxygens (including phenoxy) is 1. The standard InChI is InChI=1S/C25H25ClN2O4S2/c1-4-21(18-7-12-23(32-3)16(2)13-18)27-34(30,31)20-10-11-22-24(14-20)33-25(29)28(22)15-17-5-8-19(26)9-6-17/h5-14,21,27H,4,15H2,1-3H3. The van der Waals surface area contributed by atoms with E-state index in [0.717, 1.165) is 33.8 Å². The van der Waals surface area contributed by atoms with Gasteiger partial charge in [-0.2, -0.15) is 0 Å². The van der Waals surface area contributed by atoms with Crippen LogP contribution in [0.1, 0.15) is 36.1 Å². The fraction of sp³-hybridized carbons (Fsp3) is 0.240. The maximum absolute atomic E-state index is 13.2. The van der Waals surface area contributed by atoms with E-state index < -0.39 is 16.1 Å². The molecule has 0 saturated carbocycles. The first-order valence-corrected chi connectivity index (χ1v) is 13.4. The number of nitrogens with zero attached hydrogens (tertiary/aromatic N) is 1. The SMILES string of the molecule is CCC(NS(=O)(=O)c1ccc2c(c1)sc(=O)n2Cc1ccc(Cl)cc1)c1ccc(OC)c(C)c1. The summed E-state index contributed by atoms with van der Waals surface area (Å²) >= 11 is 6.99. The fourth-order valence-corrected chi connectivity index (χ4v) is 6.36. The summed E-state index contributed by atoms with van der Waals surface area (Å²) < 4.78 is 36.8. The molecule has 0 fully saturated rings. The van der Waals surface area contributed by atoms with Gasteiger partial charge in [0.25, 0.3) is 0 Å². The van der Waals surface area contributed by atoms with Gasteiger partial charge in [-0.15, -0.1) is 0 Å². The van der Waals surface area contributed by atoms with E-state index in [1.807, 2.05) is 44.2 Å². The Balaban J connectivity index is 1.62. The Morgan fingerprint density at radius 1 is 1.09 bits per heavy atom. The van der Waals surface area contributed by atoms with Crippen LogP contribution in [0, 0.1) is 6.92 Å². The van der Waals surface area contributed by atoms with E-state index in [-0.39, 0.29) is 9.77 Å². The highest BCUT2D eigenvalue weighted by Gasteiger charge is 2.22. The Bertz CT molecular complexity index is 1490. The third-order valence-electron chi connectivity index (χ3n) is 5.73. The van der Waals surface area contributed by atoms with E-state index in [9.17, 15) is 13.2 Å². The molecular weight excluding hydrogens is 492 g/mol. The molecule has 0 amide bonds. The topological polar surface area (TPSA) is 77.4 Å². The van der Waals surface area contributed by atoms with Gasteiger partial charge in [-0.3, -0.25) is 9.36 Å². The summed E-state index contributed by atoms with van der Waals surface area (Å²) in [7, 11) is -2.20. The average molecular weight is 517 g/mol. The Kier molecular flexibility index (Phi) is 7.14. The summed E-state index contributed by atoms with van der Waals surface area (Å²) in [6.45, 7) is 4.24. The quantitative estimate of drug-likeness (QED) is 0.335. The van der Waals surface area contributed by atoms with Crippen molar-refractivity contribution in [1.82, 2.24) is 9.29 Å². The Morgan fingerprint density at radius 2 is 1.82 bits per heavy atom. The number of rotatable bonds is 8. The molecule has 4 rings (SSSR count). The first-order valence-electron chi connectivity index (χ1n) is 10.8. The molecule has 34 heavy (non-hydrogen) atoms.